The molecule has 0 radical (unpaired) electrons. The lowest BCUT2D eigenvalue weighted by molar-refractivity contribution is 0.185. The number of benzene rings is 1. The number of aryl methyl sites for hydroxylation is 1. The minimum Gasteiger partial charge on any atom is -0.380 e. The monoisotopic (exact) mass is 252 g/mol. The minimum atomic E-state index is -0.237. The molecule has 2 rings (SSSR count). The molecule has 3 nitrogen and oxygen atoms in total. The van der Waals surface area contributed by atoms with Crippen LogP contribution in [0, 0.1) is 5.13 Å². The van der Waals surface area contributed by atoms with Crippen molar-refractivity contribution in [1.29, 1.82) is 0 Å². The number of halogens is 1. The first-order chi connectivity index (χ1) is 8.19. The standard InChI is InChI=1S/C12H13FN2OS/c1-15-7-11(13)17-12(15)14-10-5-3-4-9(6-10)8-16-2/h3-7H,8H2,1-2H3. The van der Waals surface area contributed by atoms with Crippen LogP contribution in [0.4, 0.5) is 10.1 Å². The SMILES string of the molecule is COCc1cccc(N=c2sc(F)cn2C)c1. The number of methoxy groups -OCH3 is 1. The van der Waals surface area contributed by atoms with Gasteiger partial charge in [-0.25, -0.2) is 4.99 Å². The molecule has 0 unspecified atom stereocenters. The molecule has 1 aromatic carbocycles. The maximum atomic E-state index is 13.0. The largest absolute Gasteiger partial charge is 0.380 e. The smallest absolute Gasteiger partial charge is 0.196 e. The number of nitrogens with zero attached hydrogens (tertiary/aromatic N) is 2. The zero-order chi connectivity index (χ0) is 12.3. The molecule has 17 heavy (non-hydrogen) atoms. The predicted octanol–water partition coefficient (Wildman–Crippen LogP) is 2.60. The Kier molecular flexibility index (Phi) is 3.71. The molecular formula is C12H13FN2OS. The summed E-state index contributed by atoms with van der Waals surface area (Å²) in [6, 6.07) is 7.70. The summed E-state index contributed by atoms with van der Waals surface area (Å²) in [5.74, 6) is 0. The van der Waals surface area contributed by atoms with Gasteiger partial charge in [-0.1, -0.05) is 23.5 Å². The molecular weight excluding hydrogens is 239 g/mol. The number of ether oxygens (including phenoxy) is 1. The van der Waals surface area contributed by atoms with E-state index in [1.165, 1.54) is 6.20 Å². The molecule has 0 saturated heterocycles. The highest BCUT2D eigenvalue weighted by Crippen LogP contribution is 2.14. The maximum absolute atomic E-state index is 13.0. The van der Waals surface area contributed by atoms with Gasteiger partial charge in [-0.15, -0.1) is 0 Å². The first kappa shape index (κ1) is 12.0. The van der Waals surface area contributed by atoms with E-state index in [1.807, 2.05) is 24.3 Å². The highest BCUT2D eigenvalue weighted by Gasteiger charge is 1.98. The molecule has 0 fully saturated rings. The van der Waals surface area contributed by atoms with Crippen LogP contribution in [0.5, 0.6) is 0 Å². The van der Waals surface area contributed by atoms with Crippen molar-refractivity contribution in [2.75, 3.05) is 7.11 Å². The van der Waals surface area contributed by atoms with Crippen molar-refractivity contribution in [3.05, 3.63) is 46.0 Å². The molecule has 2 aromatic rings. The van der Waals surface area contributed by atoms with E-state index in [0.29, 0.717) is 11.4 Å². The highest BCUT2D eigenvalue weighted by molar-refractivity contribution is 7.07. The fourth-order valence-corrected chi connectivity index (χ4v) is 2.22. The number of hydrogen-bond donors (Lipinski definition) is 0. The topological polar surface area (TPSA) is 26.5 Å². The summed E-state index contributed by atoms with van der Waals surface area (Å²) < 4.78 is 19.7. The van der Waals surface area contributed by atoms with Crippen LogP contribution in [0.25, 0.3) is 0 Å². The molecule has 1 heterocycles. The van der Waals surface area contributed by atoms with Crippen LogP contribution in [0.3, 0.4) is 0 Å². The first-order valence-electron chi connectivity index (χ1n) is 5.13. The number of aromatic nitrogens is 1. The molecule has 1 aromatic heterocycles. The fraction of sp³-hybridized carbons (Fsp3) is 0.250. The summed E-state index contributed by atoms with van der Waals surface area (Å²) in [5.41, 5.74) is 1.85. The minimum absolute atomic E-state index is 0.237. The fourth-order valence-electron chi connectivity index (χ4n) is 1.49. The van der Waals surface area contributed by atoms with E-state index in [4.69, 9.17) is 4.74 Å². The van der Waals surface area contributed by atoms with Gasteiger partial charge in [0.1, 0.15) is 0 Å². The third-order valence-electron chi connectivity index (χ3n) is 2.23. The zero-order valence-electron chi connectivity index (χ0n) is 9.68. The Morgan fingerprint density at radius 3 is 2.94 bits per heavy atom. The van der Waals surface area contributed by atoms with E-state index in [1.54, 1.807) is 18.7 Å². The van der Waals surface area contributed by atoms with Gasteiger partial charge in [-0.2, -0.15) is 4.39 Å². The molecule has 0 spiro atoms. The Balaban J connectivity index is 2.38. The highest BCUT2D eigenvalue weighted by atomic mass is 32.1. The van der Waals surface area contributed by atoms with E-state index >= 15 is 0 Å². The van der Waals surface area contributed by atoms with Gasteiger partial charge in [0.15, 0.2) is 9.93 Å². The normalized spacial score (nSPS) is 12.1. The van der Waals surface area contributed by atoms with E-state index in [2.05, 4.69) is 4.99 Å². The van der Waals surface area contributed by atoms with E-state index in [9.17, 15) is 4.39 Å². The summed E-state index contributed by atoms with van der Waals surface area (Å²) in [7, 11) is 3.43. The van der Waals surface area contributed by atoms with Gasteiger partial charge in [0.25, 0.3) is 0 Å². The summed E-state index contributed by atoms with van der Waals surface area (Å²) in [5, 5.41) is -0.237. The Labute approximate surface area is 103 Å². The second-order valence-electron chi connectivity index (χ2n) is 3.64. The van der Waals surface area contributed by atoms with Crippen LogP contribution in [-0.2, 0) is 18.4 Å². The van der Waals surface area contributed by atoms with Crippen molar-refractivity contribution >= 4 is 17.0 Å². The molecule has 0 aliphatic rings. The Morgan fingerprint density at radius 2 is 2.29 bits per heavy atom. The van der Waals surface area contributed by atoms with Crippen molar-refractivity contribution in [2.24, 2.45) is 12.0 Å². The average Bonchev–Trinajstić information content (AvgIpc) is 2.58. The molecule has 0 bridgehead atoms. The van der Waals surface area contributed by atoms with Crippen molar-refractivity contribution in [1.82, 2.24) is 4.57 Å². The van der Waals surface area contributed by atoms with E-state index in [0.717, 1.165) is 22.6 Å². The molecule has 0 saturated carbocycles. The maximum Gasteiger partial charge on any atom is 0.196 e. The van der Waals surface area contributed by atoms with Gasteiger partial charge in [0.2, 0.25) is 0 Å². The van der Waals surface area contributed by atoms with Gasteiger partial charge >= 0.3 is 0 Å². The summed E-state index contributed by atoms with van der Waals surface area (Å²) in [4.78, 5) is 5.03. The molecule has 5 heteroatoms. The first-order valence-corrected chi connectivity index (χ1v) is 5.95. The molecule has 0 aliphatic carbocycles. The van der Waals surface area contributed by atoms with Crippen molar-refractivity contribution in [3.63, 3.8) is 0 Å². The summed E-state index contributed by atoms with van der Waals surface area (Å²) >= 11 is 1.03. The van der Waals surface area contributed by atoms with Crippen LogP contribution < -0.4 is 4.80 Å². The summed E-state index contributed by atoms with van der Waals surface area (Å²) in [6.45, 7) is 0.550. The summed E-state index contributed by atoms with van der Waals surface area (Å²) in [6.07, 6.45) is 1.42. The lowest BCUT2D eigenvalue weighted by Crippen LogP contribution is -2.07. The molecule has 0 atom stereocenters. The van der Waals surface area contributed by atoms with Gasteiger partial charge in [0.05, 0.1) is 18.5 Å². The van der Waals surface area contributed by atoms with E-state index < -0.39 is 0 Å². The van der Waals surface area contributed by atoms with Gasteiger partial charge < -0.3 is 9.30 Å². The van der Waals surface area contributed by atoms with Crippen molar-refractivity contribution in [2.45, 2.75) is 6.61 Å². The predicted molar refractivity (Wildman–Crippen MR) is 65.6 cm³/mol. The molecule has 90 valence electrons. The Morgan fingerprint density at radius 1 is 1.47 bits per heavy atom. The quantitative estimate of drug-likeness (QED) is 0.824. The van der Waals surface area contributed by atoms with E-state index in [-0.39, 0.29) is 5.13 Å². The van der Waals surface area contributed by atoms with Crippen LogP contribution in [0.15, 0.2) is 35.5 Å². The molecule has 0 amide bonds. The van der Waals surface area contributed by atoms with Crippen LogP contribution >= 0.6 is 11.3 Å². The number of thiazole rings is 1. The van der Waals surface area contributed by atoms with Crippen LogP contribution in [0.1, 0.15) is 5.56 Å². The number of hydrogen-bond acceptors (Lipinski definition) is 3. The average molecular weight is 252 g/mol. The van der Waals surface area contributed by atoms with Crippen molar-refractivity contribution in [3.8, 4) is 0 Å². The number of rotatable bonds is 3. The molecule has 0 aliphatic heterocycles. The van der Waals surface area contributed by atoms with Gasteiger partial charge in [0, 0.05) is 14.2 Å². The van der Waals surface area contributed by atoms with Gasteiger partial charge in [-0.3, -0.25) is 0 Å². The van der Waals surface area contributed by atoms with Crippen LogP contribution in [0.2, 0.25) is 0 Å². The van der Waals surface area contributed by atoms with Gasteiger partial charge in [-0.05, 0) is 17.7 Å². The third-order valence-corrected chi connectivity index (χ3v) is 3.09. The lowest BCUT2D eigenvalue weighted by Gasteiger charge is -2.00. The van der Waals surface area contributed by atoms with Crippen LogP contribution in [-0.4, -0.2) is 11.7 Å². The Bertz CT molecular complexity index is 574. The van der Waals surface area contributed by atoms with Crippen molar-refractivity contribution < 1.29 is 9.13 Å². The lowest BCUT2D eigenvalue weighted by atomic mass is 10.2. The Hall–Kier alpha value is -1.46. The molecule has 0 N–H and O–H groups in total. The zero-order valence-corrected chi connectivity index (χ0v) is 10.5. The second-order valence-corrected chi connectivity index (χ2v) is 4.60. The third kappa shape index (κ3) is 3.01. The second kappa shape index (κ2) is 5.25.